The van der Waals surface area contributed by atoms with E-state index in [0.717, 1.165) is 38.5 Å². The van der Waals surface area contributed by atoms with Crippen molar-refractivity contribution < 1.29 is 25.2 Å². The van der Waals surface area contributed by atoms with Crippen molar-refractivity contribution in [3.05, 3.63) is 24.3 Å². The van der Waals surface area contributed by atoms with Gasteiger partial charge in [0, 0.05) is 0 Å². The maximum atomic E-state index is 12.6. The number of carbonyl (C=O) groups is 1. The Hall–Kier alpha value is -1.21. The van der Waals surface area contributed by atoms with Crippen molar-refractivity contribution in [2.45, 2.75) is 366 Å². The number of carbonyl (C=O) groups excluding carboxylic acids is 1. The third kappa shape index (κ3) is 51.5. The topological polar surface area (TPSA) is 110 Å². The Morgan fingerprint density at radius 3 is 0.870 bits per heavy atom. The van der Waals surface area contributed by atoms with Gasteiger partial charge in [0.25, 0.3) is 0 Å². The van der Waals surface area contributed by atoms with Crippen LogP contribution in [0.5, 0.6) is 0 Å². The minimum Gasteiger partial charge on any atom is -0.394 e. The molecule has 0 aliphatic heterocycles. The van der Waals surface area contributed by atoms with Gasteiger partial charge in [0.15, 0.2) is 0 Å². The number of aliphatic hydroxyl groups excluding tert-OH is 4. The largest absolute Gasteiger partial charge is 0.394 e. The summed E-state index contributed by atoms with van der Waals surface area (Å²) in [6.45, 7) is 4.09. The van der Waals surface area contributed by atoms with E-state index in [0.29, 0.717) is 12.8 Å². The van der Waals surface area contributed by atoms with Gasteiger partial charge < -0.3 is 25.7 Å². The van der Waals surface area contributed by atoms with Crippen molar-refractivity contribution in [2.75, 3.05) is 6.61 Å². The Balaban J connectivity index is 3.60. The highest BCUT2D eigenvalue weighted by molar-refractivity contribution is 5.80. The van der Waals surface area contributed by atoms with E-state index in [1.807, 2.05) is 0 Å². The van der Waals surface area contributed by atoms with Crippen LogP contribution in [0, 0.1) is 0 Å². The lowest BCUT2D eigenvalue weighted by Crippen LogP contribution is -2.53. The van der Waals surface area contributed by atoms with Gasteiger partial charge in [0.1, 0.15) is 12.2 Å². The van der Waals surface area contributed by atoms with Crippen LogP contribution in [-0.2, 0) is 4.79 Å². The quantitative estimate of drug-likeness (QED) is 0.0308. The molecule has 6 heteroatoms. The zero-order valence-electron chi connectivity index (χ0n) is 46.6. The van der Waals surface area contributed by atoms with Crippen LogP contribution < -0.4 is 5.32 Å². The molecule has 0 aromatic rings. The monoisotopic (exact) mass is 974 g/mol. The molecule has 0 radical (unpaired) electrons. The van der Waals surface area contributed by atoms with Crippen LogP contribution >= 0.6 is 0 Å². The number of hydrogen-bond acceptors (Lipinski definition) is 5. The van der Waals surface area contributed by atoms with E-state index in [-0.39, 0.29) is 0 Å². The molecule has 4 atom stereocenters. The van der Waals surface area contributed by atoms with E-state index in [1.165, 1.54) is 276 Å². The number of amides is 1. The maximum absolute atomic E-state index is 12.6. The Morgan fingerprint density at radius 1 is 0.348 bits per heavy atom. The van der Waals surface area contributed by atoms with E-state index in [4.69, 9.17) is 0 Å². The Labute approximate surface area is 431 Å². The summed E-state index contributed by atoms with van der Waals surface area (Å²) in [5, 5.41) is 44.1. The molecule has 0 aliphatic carbocycles. The molecule has 0 aromatic carbocycles. The molecule has 0 aliphatic rings. The smallest absolute Gasteiger partial charge is 0.249 e. The van der Waals surface area contributed by atoms with E-state index in [2.05, 4.69) is 43.5 Å². The van der Waals surface area contributed by atoms with Crippen LogP contribution in [0.15, 0.2) is 24.3 Å². The van der Waals surface area contributed by atoms with Crippen LogP contribution in [0.4, 0.5) is 0 Å². The number of hydrogen-bond donors (Lipinski definition) is 5. The van der Waals surface area contributed by atoms with Crippen molar-refractivity contribution in [1.29, 1.82) is 0 Å². The lowest BCUT2D eigenvalue weighted by molar-refractivity contribution is -0.132. The van der Waals surface area contributed by atoms with Gasteiger partial charge in [-0.2, -0.15) is 0 Å². The number of rotatable bonds is 58. The molecule has 4 unspecified atom stereocenters. The number of aliphatic hydroxyl groups is 4. The summed E-state index contributed by atoms with van der Waals surface area (Å²) in [5.41, 5.74) is 0. The standard InChI is InChI=1S/C63H123NO5/c1-3-5-7-9-11-13-15-17-19-21-23-25-27-29-30-31-32-33-35-37-39-41-43-45-47-49-51-53-55-57-61(67)63(69)64-59(58-65)62(68)60(66)56-54-52-50-48-46-44-42-40-38-36-34-28-26-24-22-20-18-16-14-12-10-8-6-4-2/h29-30,48,50,59-62,65-68H,3-28,31-47,49,51-58H2,1-2H3,(H,64,69)/b30-29-,50-48+. The molecule has 410 valence electrons. The van der Waals surface area contributed by atoms with Crippen LogP contribution in [0.1, 0.15) is 341 Å². The predicted molar refractivity (Wildman–Crippen MR) is 302 cm³/mol. The Kier molecular flexibility index (Phi) is 56.7. The molecule has 0 aromatic heterocycles. The second-order valence-corrected chi connectivity index (χ2v) is 21.7. The first kappa shape index (κ1) is 67.8. The molecule has 0 bridgehead atoms. The second-order valence-electron chi connectivity index (χ2n) is 21.7. The van der Waals surface area contributed by atoms with Gasteiger partial charge in [0.2, 0.25) is 5.91 Å². The van der Waals surface area contributed by atoms with Gasteiger partial charge >= 0.3 is 0 Å². The molecule has 6 nitrogen and oxygen atoms in total. The highest BCUT2D eigenvalue weighted by Gasteiger charge is 2.28. The van der Waals surface area contributed by atoms with Crippen molar-refractivity contribution >= 4 is 5.91 Å². The summed E-state index contributed by atoms with van der Waals surface area (Å²) in [6, 6.07) is -1.00. The van der Waals surface area contributed by atoms with Crippen molar-refractivity contribution in [1.82, 2.24) is 5.32 Å². The average molecular weight is 975 g/mol. The first-order valence-corrected chi connectivity index (χ1v) is 31.2. The first-order chi connectivity index (χ1) is 34.0. The number of unbranched alkanes of at least 4 members (excludes halogenated alkanes) is 45. The maximum Gasteiger partial charge on any atom is 0.249 e. The zero-order valence-corrected chi connectivity index (χ0v) is 46.6. The van der Waals surface area contributed by atoms with Crippen LogP contribution in [0.3, 0.4) is 0 Å². The molecule has 0 heterocycles. The fourth-order valence-electron chi connectivity index (χ4n) is 9.99. The summed E-state index contributed by atoms with van der Waals surface area (Å²) in [5.74, 6) is -0.588. The highest BCUT2D eigenvalue weighted by Crippen LogP contribution is 2.18. The molecule has 5 N–H and O–H groups in total. The number of allylic oxidation sites excluding steroid dienone is 4. The summed E-state index contributed by atoms with van der Waals surface area (Å²) in [4.78, 5) is 12.6. The third-order valence-corrected chi connectivity index (χ3v) is 14.9. The SMILES string of the molecule is CCCCCCCCCCCCCC/C=C\CCCCCCCCCCCCCCCC(O)C(=O)NC(CO)C(O)C(O)CCC/C=C/CCCCCCCCCCCCCCCCCCCCC. The fraction of sp³-hybridized carbons (Fsp3) is 0.921. The van der Waals surface area contributed by atoms with Gasteiger partial charge in [-0.1, -0.05) is 301 Å². The molecule has 69 heavy (non-hydrogen) atoms. The molecule has 0 spiro atoms. The molecule has 1 amide bonds. The Bertz CT molecular complexity index is 1050. The summed E-state index contributed by atoms with van der Waals surface area (Å²) >= 11 is 0. The molecule has 0 rings (SSSR count). The number of nitrogens with one attached hydrogen (secondary N) is 1. The molecular weight excluding hydrogens is 851 g/mol. The van der Waals surface area contributed by atoms with Crippen LogP contribution in [0.2, 0.25) is 0 Å². The second kappa shape index (κ2) is 57.7. The van der Waals surface area contributed by atoms with Gasteiger partial charge in [-0.3, -0.25) is 4.79 Å². The van der Waals surface area contributed by atoms with Gasteiger partial charge in [-0.25, -0.2) is 0 Å². The Morgan fingerprint density at radius 2 is 0.594 bits per heavy atom. The van der Waals surface area contributed by atoms with Gasteiger partial charge in [0.05, 0.1) is 18.8 Å². The van der Waals surface area contributed by atoms with Gasteiger partial charge in [-0.15, -0.1) is 0 Å². The minimum absolute atomic E-state index is 0.365. The summed E-state index contributed by atoms with van der Waals surface area (Å²) in [7, 11) is 0. The average Bonchev–Trinajstić information content (AvgIpc) is 3.35. The predicted octanol–water partition coefficient (Wildman–Crippen LogP) is 18.6. The van der Waals surface area contributed by atoms with Crippen molar-refractivity contribution in [3.8, 4) is 0 Å². The molecule has 0 saturated carbocycles. The van der Waals surface area contributed by atoms with Gasteiger partial charge in [-0.05, 0) is 64.2 Å². The zero-order chi connectivity index (χ0) is 50.2. The normalized spacial score (nSPS) is 13.8. The molecule has 0 fully saturated rings. The fourth-order valence-corrected chi connectivity index (χ4v) is 9.99. The third-order valence-electron chi connectivity index (χ3n) is 14.9. The van der Waals surface area contributed by atoms with Crippen LogP contribution in [0.25, 0.3) is 0 Å². The van der Waals surface area contributed by atoms with E-state index < -0.39 is 36.9 Å². The summed E-state index contributed by atoms with van der Waals surface area (Å²) in [6.07, 6.45) is 71.3. The highest BCUT2D eigenvalue weighted by atomic mass is 16.3. The minimum atomic E-state index is -1.28. The van der Waals surface area contributed by atoms with E-state index in [9.17, 15) is 25.2 Å². The van der Waals surface area contributed by atoms with Crippen molar-refractivity contribution in [3.63, 3.8) is 0 Å². The molecule has 0 saturated heterocycles. The lowest BCUT2D eigenvalue weighted by Gasteiger charge is -2.27. The van der Waals surface area contributed by atoms with E-state index >= 15 is 0 Å². The van der Waals surface area contributed by atoms with Crippen molar-refractivity contribution in [2.24, 2.45) is 0 Å². The molecular formula is C63H123NO5. The first-order valence-electron chi connectivity index (χ1n) is 31.2. The lowest BCUT2D eigenvalue weighted by atomic mass is 10.00. The summed E-state index contributed by atoms with van der Waals surface area (Å²) < 4.78 is 0. The van der Waals surface area contributed by atoms with Crippen LogP contribution in [-0.4, -0.2) is 57.3 Å². The van der Waals surface area contributed by atoms with E-state index in [1.54, 1.807) is 0 Å².